The van der Waals surface area contributed by atoms with Crippen LogP contribution in [0.15, 0.2) is 24.3 Å². The predicted octanol–water partition coefficient (Wildman–Crippen LogP) is 3.36. The fourth-order valence-corrected chi connectivity index (χ4v) is 2.04. The van der Waals surface area contributed by atoms with Crippen LogP contribution in [0.4, 0.5) is 0 Å². The highest BCUT2D eigenvalue weighted by atomic mass is 16.5. The average Bonchev–Trinajstić information content (AvgIpc) is 2.44. The normalized spacial score (nSPS) is 11.0. The molecule has 0 saturated heterocycles. The molecule has 0 heterocycles. The van der Waals surface area contributed by atoms with Gasteiger partial charge in [0.1, 0.15) is 5.75 Å². The molecule has 1 aromatic rings. The number of unbranched alkanes of at least 4 members (excludes halogenated alkanes) is 3. The van der Waals surface area contributed by atoms with Gasteiger partial charge in [0.25, 0.3) is 0 Å². The zero-order valence-electron chi connectivity index (χ0n) is 12.9. The van der Waals surface area contributed by atoms with Crippen LogP contribution < -0.4 is 10.1 Å². The van der Waals surface area contributed by atoms with Gasteiger partial charge in [-0.25, -0.2) is 0 Å². The van der Waals surface area contributed by atoms with Crippen molar-refractivity contribution in [1.82, 2.24) is 5.32 Å². The van der Waals surface area contributed by atoms with Gasteiger partial charge in [-0.3, -0.25) is 0 Å². The highest BCUT2D eigenvalue weighted by Crippen LogP contribution is 2.18. The summed E-state index contributed by atoms with van der Waals surface area (Å²) in [5.74, 6) is 1.65. The van der Waals surface area contributed by atoms with Crippen LogP contribution in [0.5, 0.6) is 5.75 Å². The summed E-state index contributed by atoms with van der Waals surface area (Å²) in [7, 11) is 0. The number of hydrogen-bond acceptors (Lipinski definition) is 3. The van der Waals surface area contributed by atoms with Gasteiger partial charge in [0, 0.05) is 18.7 Å². The van der Waals surface area contributed by atoms with Crippen molar-refractivity contribution in [2.24, 2.45) is 5.92 Å². The first-order valence-electron chi connectivity index (χ1n) is 7.76. The second kappa shape index (κ2) is 10.7. The van der Waals surface area contributed by atoms with Crippen LogP contribution in [0, 0.1) is 5.92 Å². The third kappa shape index (κ3) is 7.51. The first-order valence-corrected chi connectivity index (χ1v) is 7.76. The molecule has 0 bridgehead atoms. The Hall–Kier alpha value is -1.06. The van der Waals surface area contributed by atoms with Gasteiger partial charge in [0.05, 0.1) is 6.61 Å². The minimum atomic E-state index is 0.297. The topological polar surface area (TPSA) is 41.5 Å². The summed E-state index contributed by atoms with van der Waals surface area (Å²) in [6.45, 7) is 7.36. The summed E-state index contributed by atoms with van der Waals surface area (Å²) in [5, 5.41) is 12.2. The lowest BCUT2D eigenvalue weighted by Crippen LogP contribution is -2.19. The molecule has 0 radical (unpaired) electrons. The molecule has 0 aromatic heterocycles. The lowest BCUT2D eigenvalue weighted by Gasteiger charge is -2.13. The lowest BCUT2D eigenvalue weighted by atomic mass is 10.1. The standard InChI is InChI=1S/C17H29NO2/c1-15(2)13-18-14-16-9-5-6-10-17(16)20-12-8-4-3-7-11-19/h5-6,9-10,15,18-19H,3-4,7-8,11-14H2,1-2H3. The lowest BCUT2D eigenvalue weighted by molar-refractivity contribution is 0.272. The van der Waals surface area contributed by atoms with Gasteiger partial charge >= 0.3 is 0 Å². The molecule has 0 unspecified atom stereocenters. The molecule has 1 rings (SSSR count). The maximum absolute atomic E-state index is 8.72. The zero-order chi connectivity index (χ0) is 14.6. The second-order valence-electron chi connectivity index (χ2n) is 5.62. The minimum Gasteiger partial charge on any atom is -0.493 e. The molecule has 1 aromatic carbocycles. The summed E-state index contributed by atoms with van der Waals surface area (Å²) in [6, 6.07) is 8.24. The van der Waals surface area contributed by atoms with E-state index in [1.54, 1.807) is 0 Å². The van der Waals surface area contributed by atoms with Crippen LogP contribution in [0.3, 0.4) is 0 Å². The third-order valence-corrected chi connectivity index (χ3v) is 3.15. The number of nitrogens with one attached hydrogen (secondary N) is 1. The van der Waals surface area contributed by atoms with Crippen molar-refractivity contribution in [2.45, 2.75) is 46.1 Å². The van der Waals surface area contributed by atoms with Gasteiger partial charge in [-0.2, -0.15) is 0 Å². The number of aliphatic hydroxyl groups excluding tert-OH is 1. The molecule has 0 amide bonds. The molecule has 0 atom stereocenters. The van der Waals surface area contributed by atoms with E-state index < -0.39 is 0 Å². The molecule has 20 heavy (non-hydrogen) atoms. The summed E-state index contributed by atoms with van der Waals surface area (Å²) in [5.41, 5.74) is 1.23. The van der Waals surface area contributed by atoms with Crippen molar-refractivity contribution in [2.75, 3.05) is 19.8 Å². The highest BCUT2D eigenvalue weighted by molar-refractivity contribution is 5.33. The third-order valence-electron chi connectivity index (χ3n) is 3.15. The zero-order valence-corrected chi connectivity index (χ0v) is 12.9. The van der Waals surface area contributed by atoms with Gasteiger partial charge in [-0.05, 0) is 37.8 Å². The average molecular weight is 279 g/mol. The van der Waals surface area contributed by atoms with Crippen molar-refractivity contribution in [3.8, 4) is 5.75 Å². The largest absolute Gasteiger partial charge is 0.493 e. The number of ether oxygens (including phenoxy) is 1. The number of rotatable bonds is 11. The Balaban J connectivity index is 2.29. The minimum absolute atomic E-state index is 0.297. The van der Waals surface area contributed by atoms with Gasteiger partial charge in [0.2, 0.25) is 0 Å². The van der Waals surface area contributed by atoms with Crippen LogP contribution in [0.25, 0.3) is 0 Å². The van der Waals surface area contributed by atoms with Crippen molar-refractivity contribution >= 4 is 0 Å². The van der Waals surface area contributed by atoms with Crippen molar-refractivity contribution in [3.63, 3.8) is 0 Å². The maximum atomic E-state index is 8.72. The quantitative estimate of drug-likeness (QED) is 0.610. The Kier molecular flexibility index (Phi) is 9.09. The Morgan fingerprint density at radius 3 is 2.60 bits per heavy atom. The molecule has 3 heteroatoms. The number of benzene rings is 1. The first kappa shape index (κ1) is 17.0. The molecular weight excluding hydrogens is 250 g/mol. The van der Waals surface area contributed by atoms with Crippen LogP contribution in [0.2, 0.25) is 0 Å². The predicted molar refractivity (Wildman–Crippen MR) is 84.0 cm³/mol. The second-order valence-corrected chi connectivity index (χ2v) is 5.62. The van der Waals surface area contributed by atoms with E-state index in [1.807, 2.05) is 12.1 Å². The van der Waals surface area contributed by atoms with E-state index in [2.05, 4.69) is 31.3 Å². The summed E-state index contributed by atoms with van der Waals surface area (Å²) in [4.78, 5) is 0. The molecule has 0 aliphatic heterocycles. The van der Waals surface area contributed by atoms with E-state index in [-0.39, 0.29) is 0 Å². The Morgan fingerprint density at radius 1 is 1.10 bits per heavy atom. The molecule has 2 N–H and O–H groups in total. The molecule has 0 spiro atoms. The summed E-state index contributed by atoms with van der Waals surface area (Å²) >= 11 is 0. The van der Waals surface area contributed by atoms with E-state index in [4.69, 9.17) is 9.84 Å². The van der Waals surface area contributed by atoms with Gasteiger partial charge in [0.15, 0.2) is 0 Å². The van der Waals surface area contributed by atoms with Crippen LogP contribution >= 0.6 is 0 Å². The molecule has 3 nitrogen and oxygen atoms in total. The summed E-state index contributed by atoms with van der Waals surface area (Å²) < 4.78 is 5.87. The van der Waals surface area contributed by atoms with Crippen molar-refractivity contribution in [1.29, 1.82) is 0 Å². The molecule has 114 valence electrons. The fraction of sp³-hybridized carbons (Fsp3) is 0.647. The highest BCUT2D eigenvalue weighted by Gasteiger charge is 2.03. The molecule has 0 aliphatic carbocycles. The Labute approximate surface area is 123 Å². The SMILES string of the molecule is CC(C)CNCc1ccccc1OCCCCCCO. The van der Waals surface area contributed by atoms with Gasteiger partial charge < -0.3 is 15.2 Å². The van der Waals surface area contributed by atoms with Gasteiger partial charge in [-0.15, -0.1) is 0 Å². The maximum Gasteiger partial charge on any atom is 0.123 e. The van der Waals surface area contributed by atoms with Crippen molar-refractivity contribution < 1.29 is 9.84 Å². The van der Waals surface area contributed by atoms with Crippen LogP contribution in [-0.2, 0) is 6.54 Å². The molecule has 0 fully saturated rings. The molecule has 0 saturated carbocycles. The first-order chi connectivity index (χ1) is 9.74. The molecular formula is C17H29NO2. The van der Waals surface area contributed by atoms with Crippen molar-refractivity contribution in [3.05, 3.63) is 29.8 Å². The van der Waals surface area contributed by atoms with E-state index in [0.717, 1.165) is 51.1 Å². The Morgan fingerprint density at radius 2 is 1.85 bits per heavy atom. The van der Waals surface area contributed by atoms with Crippen LogP contribution in [-0.4, -0.2) is 24.9 Å². The Bertz CT molecular complexity index is 353. The van der Waals surface area contributed by atoms with E-state index >= 15 is 0 Å². The smallest absolute Gasteiger partial charge is 0.123 e. The summed E-state index contributed by atoms with van der Waals surface area (Å²) in [6.07, 6.45) is 4.15. The molecule has 0 aliphatic rings. The van der Waals surface area contributed by atoms with E-state index in [9.17, 15) is 0 Å². The number of aliphatic hydroxyl groups is 1. The fourth-order valence-electron chi connectivity index (χ4n) is 2.04. The van der Waals surface area contributed by atoms with Crippen LogP contribution in [0.1, 0.15) is 45.1 Å². The number of para-hydroxylation sites is 1. The van der Waals surface area contributed by atoms with E-state index in [0.29, 0.717) is 12.5 Å². The van der Waals surface area contributed by atoms with Gasteiger partial charge in [-0.1, -0.05) is 38.5 Å². The monoisotopic (exact) mass is 279 g/mol. The number of hydrogen-bond donors (Lipinski definition) is 2. The van der Waals surface area contributed by atoms with E-state index in [1.165, 1.54) is 5.56 Å².